The van der Waals surface area contributed by atoms with Crippen molar-refractivity contribution >= 4 is 51.7 Å². The van der Waals surface area contributed by atoms with E-state index in [-0.39, 0.29) is 18.1 Å². The average Bonchev–Trinajstić information content (AvgIpc) is 2.66. The number of alkyl halides is 3. The van der Waals surface area contributed by atoms with Crippen molar-refractivity contribution in [3.8, 4) is 5.75 Å². The predicted molar refractivity (Wildman–Crippen MR) is 109 cm³/mol. The number of amidine groups is 1. The molecule has 1 aliphatic rings. The van der Waals surface area contributed by atoms with Crippen LogP contribution in [0.3, 0.4) is 0 Å². The molecule has 152 valence electrons. The van der Waals surface area contributed by atoms with Gasteiger partial charge >= 0.3 is 5.57 Å². The molecule has 0 radical (unpaired) electrons. The van der Waals surface area contributed by atoms with E-state index in [0.717, 1.165) is 0 Å². The van der Waals surface area contributed by atoms with Crippen LogP contribution in [0.1, 0.15) is 6.42 Å². The van der Waals surface area contributed by atoms with Gasteiger partial charge in [-0.1, -0.05) is 30.0 Å². The number of carbonyl (C=O) groups is 2. The quantitative estimate of drug-likeness (QED) is 0.699. The average molecular weight is 440 g/mol. The lowest BCUT2D eigenvalue weighted by Gasteiger charge is -2.28. The van der Waals surface area contributed by atoms with Crippen LogP contribution in [0.2, 0.25) is 0 Å². The van der Waals surface area contributed by atoms with Crippen LogP contribution < -0.4 is 10.1 Å². The third kappa shape index (κ3) is 5.91. The number of hydrogen-bond donors (Lipinski definition) is 1. The summed E-state index contributed by atoms with van der Waals surface area (Å²) in [5.41, 5.74) is -2.78. The summed E-state index contributed by atoms with van der Waals surface area (Å²) in [6, 6.07) is 14.4. The van der Waals surface area contributed by atoms with E-state index in [1.54, 1.807) is 19.2 Å². The summed E-state index contributed by atoms with van der Waals surface area (Å²) in [5, 5.41) is 2.40. The molecule has 2 aromatic carbocycles. The Morgan fingerprint density at radius 2 is 1.90 bits per heavy atom. The first kappa shape index (κ1) is 21.1. The normalized spacial score (nSPS) is 18.6. The minimum Gasteiger partial charge on any atom is -0.420 e. The number of carbonyl (C=O) groups excluding carboxylic acids is 2. The lowest BCUT2D eigenvalue weighted by atomic mass is 10.2. The van der Waals surface area contributed by atoms with Crippen LogP contribution in [-0.4, -0.2) is 39.7 Å². The number of nitrogens with one attached hydrogen (secondary N) is 1. The number of anilines is 1. The number of benzene rings is 2. The number of ether oxygens (including phenoxy) is 1. The van der Waals surface area contributed by atoms with Crippen molar-refractivity contribution < 1.29 is 23.1 Å². The fourth-order valence-electron chi connectivity index (χ4n) is 2.47. The van der Waals surface area contributed by atoms with Crippen molar-refractivity contribution in [2.75, 3.05) is 12.4 Å². The molecular weight excluding hydrogens is 424 g/mol. The van der Waals surface area contributed by atoms with Gasteiger partial charge in [0, 0.05) is 30.8 Å². The molecule has 10 heteroatoms. The summed E-state index contributed by atoms with van der Waals surface area (Å²) < 4.78 is 29.5. The molecule has 29 heavy (non-hydrogen) atoms. The zero-order chi connectivity index (χ0) is 21.0. The molecule has 1 aliphatic heterocycles. The van der Waals surface area contributed by atoms with Crippen LogP contribution in [0.4, 0.5) is 20.2 Å². The smallest absolute Gasteiger partial charge is 0.420 e. The molecule has 1 heterocycles. The Balaban J connectivity index is 1.69. The van der Waals surface area contributed by atoms with E-state index in [2.05, 4.69) is 15.0 Å². The van der Waals surface area contributed by atoms with Gasteiger partial charge in [-0.2, -0.15) is 0 Å². The lowest BCUT2D eigenvalue weighted by Crippen LogP contribution is -2.43. The van der Waals surface area contributed by atoms with Gasteiger partial charge in [0.1, 0.15) is 11.0 Å². The molecule has 0 aromatic heterocycles. The second kappa shape index (κ2) is 8.79. The largest absolute Gasteiger partial charge is 0.487 e. The molecule has 0 spiro atoms. The maximum absolute atomic E-state index is 12.6. The first-order valence-corrected chi connectivity index (χ1v) is 9.71. The standard InChI is InChI=1S/C19H16ClF2N3O3S/c1-25-16(26)11-15(29-18(25)24-12-5-3-2-4-6-12)17(27)23-13-7-9-14(10-8-13)28-19(20,21)22/h2-10,15H,11H2,1H3,(H,23,27)/t15-/m1/s1. The Hall–Kier alpha value is -2.65. The molecule has 0 unspecified atom stereocenters. The van der Waals surface area contributed by atoms with Crippen molar-refractivity contribution in [2.45, 2.75) is 17.2 Å². The number of aliphatic imine (C=N–C) groups is 1. The number of thioether (sulfide) groups is 1. The highest BCUT2D eigenvalue weighted by atomic mass is 35.5. The summed E-state index contributed by atoms with van der Waals surface area (Å²) in [7, 11) is 1.61. The van der Waals surface area contributed by atoms with Crippen LogP contribution in [0.15, 0.2) is 59.6 Å². The molecule has 2 amide bonds. The topological polar surface area (TPSA) is 71.0 Å². The first-order chi connectivity index (χ1) is 13.7. The zero-order valence-corrected chi connectivity index (χ0v) is 16.7. The Kier molecular flexibility index (Phi) is 6.39. The van der Waals surface area contributed by atoms with E-state index in [1.807, 2.05) is 18.2 Å². The Morgan fingerprint density at radius 3 is 2.52 bits per heavy atom. The monoisotopic (exact) mass is 439 g/mol. The fraction of sp³-hybridized carbons (Fsp3) is 0.211. The Bertz CT molecular complexity index is 921. The lowest BCUT2D eigenvalue weighted by molar-refractivity contribution is -0.128. The van der Waals surface area contributed by atoms with Gasteiger partial charge in [-0.05, 0) is 36.4 Å². The van der Waals surface area contributed by atoms with Gasteiger partial charge in [-0.15, -0.1) is 8.78 Å². The number of nitrogens with zero attached hydrogens (tertiary/aromatic N) is 2. The van der Waals surface area contributed by atoms with Gasteiger partial charge < -0.3 is 10.1 Å². The number of amides is 2. The molecule has 1 atom stereocenters. The molecule has 2 aromatic rings. The summed E-state index contributed by atoms with van der Waals surface area (Å²) in [6.07, 6.45) is 0.0144. The fourth-order valence-corrected chi connectivity index (χ4v) is 3.63. The highest BCUT2D eigenvalue weighted by molar-refractivity contribution is 8.15. The highest BCUT2D eigenvalue weighted by Crippen LogP contribution is 2.30. The molecule has 0 aliphatic carbocycles. The summed E-state index contributed by atoms with van der Waals surface area (Å²) in [6.45, 7) is 0. The van der Waals surface area contributed by atoms with Crippen molar-refractivity contribution in [1.82, 2.24) is 4.90 Å². The summed E-state index contributed by atoms with van der Waals surface area (Å²) >= 11 is 5.89. The number of rotatable bonds is 5. The second-order valence-electron chi connectivity index (χ2n) is 6.05. The van der Waals surface area contributed by atoms with Gasteiger partial charge in [0.15, 0.2) is 5.17 Å². The van der Waals surface area contributed by atoms with E-state index in [0.29, 0.717) is 16.5 Å². The first-order valence-electron chi connectivity index (χ1n) is 8.45. The van der Waals surface area contributed by atoms with Crippen LogP contribution >= 0.6 is 23.4 Å². The minimum atomic E-state index is -3.82. The molecular formula is C19H16ClF2N3O3S. The molecule has 1 fully saturated rings. The van der Waals surface area contributed by atoms with Crippen LogP contribution in [-0.2, 0) is 9.59 Å². The SMILES string of the molecule is CN1C(=O)C[C@H](C(=O)Nc2ccc(OC(F)(F)Cl)cc2)SC1=Nc1ccccc1. The van der Waals surface area contributed by atoms with Gasteiger partial charge in [0.2, 0.25) is 11.8 Å². The maximum Gasteiger partial charge on any atom is 0.487 e. The van der Waals surface area contributed by atoms with Crippen molar-refractivity contribution in [1.29, 1.82) is 0 Å². The van der Waals surface area contributed by atoms with E-state index in [1.165, 1.54) is 40.9 Å². The van der Waals surface area contributed by atoms with Crippen LogP contribution in [0.5, 0.6) is 5.75 Å². The molecule has 1 saturated heterocycles. The molecule has 0 bridgehead atoms. The van der Waals surface area contributed by atoms with Crippen molar-refractivity contribution in [2.24, 2.45) is 4.99 Å². The third-order valence-electron chi connectivity index (χ3n) is 3.90. The Morgan fingerprint density at radius 1 is 1.24 bits per heavy atom. The van der Waals surface area contributed by atoms with Gasteiger partial charge in [-0.3, -0.25) is 14.5 Å². The van der Waals surface area contributed by atoms with Gasteiger partial charge in [0.05, 0.1) is 5.69 Å². The van der Waals surface area contributed by atoms with Crippen LogP contribution in [0.25, 0.3) is 0 Å². The van der Waals surface area contributed by atoms with E-state index >= 15 is 0 Å². The predicted octanol–water partition coefficient (Wildman–Crippen LogP) is 4.44. The minimum absolute atomic E-state index is 0.0144. The zero-order valence-electron chi connectivity index (χ0n) is 15.1. The highest BCUT2D eigenvalue weighted by Gasteiger charge is 2.34. The van der Waals surface area contributed by atoms with Crippen molar-refractivity contribution in [3.05, 3.63) is 54.6 Å². The third-order valence-corrected chi connectivity index (χ3v) is 5.22. The molecule has 1 N–H and O–H groups in total. The van der Waals surface area contributed by atoms with Crippen LogP contribution in [0, 0.1) is 0 Å². The second-order valence-corrected chi connectivity index (χ2v) is 7.66. The summed E-state index contributed by atoms with van der Waals surface area (Å²) in [4.78, 5) is 30.7. The van der Waals surface area contributed by atoms with E-state index in [9.17, 15) is 18.4 Å². The van der Waals surface area contributed by atoms with E-state index < -0.39 is 16.7 Å². The molecule has 6 nitrogen and oxygen atoms in total. The number of para-hydroxylation sites is 1. The van der Waals surface area contributed by atoms with Gasteiger partial charge in [-0.25, -0.2) is 4.99 Å². The molecule has 0 saturated carbocycles. The van der Waals surface area contributed by atoms with Gasteiger partial charge in [0.25, 0.3) is 0 Å². The molecule has 3 rings (SSSR count). The summed E-state index contributed by atoms with van der Waals surface area (Å²) in [5.74, 6) is -0.774. The number of hydrogen-bond acceptors (Lipinski definition) is 5. The maximum atomic E-state index is 12.6. The van der Waals surface area contributed by atoms with Crippen molar-refractivity contribution in [3.63, 3.8) is 0 Å². The van der Waals surface area contributed by atoms with E-state index in [4.69, 9.17) is 11.6 Å². The number of halogens is 3. The Labute approximate surface area is 174 Å².